The zero-order valence-electron chi connectivity index (χ0n) is 7.67. The fourth-order valence-corrected chi connectivity index (χ4v) is 1.83. The van der Waals surface area contributed by atoms with Crippen molar-refractivity contribution in [3.63, 3.8) is 0 Å². The molecule has 0 radical (unpaired) electrons. The average Bonchev–Trinajstić information content (AvgIpc) is 2.46. The van der Waals surface area contributed by atoms with Crippen LogP contribution in [0.5, 0.6) is 0 Å². The summed E-state index contributed by atoms with van der Waals surface area (Å²) in [5.74, 6) is 0. The van der Waals surface area contributed by atoms with Gasteiger partial charge in [0.05, 0.1) is 0 Å². The van der Waals surface area contributed by atoms with Gasteiger partial charge in [0, 0.05) is 5.41 Å². The third-order valence-electron chi connectivity index (χ3n) is 2.94. The normalized spacial score (nSPS) is 25.8. The van der Waals surface area contributed by atoms with Crippen molar-refractivity contribution in [2.75, 3.05) is 0 Å². The van der Waals surface area contributed by atoms with Gasteiger partial charge in [0.25, 0.3) is 0 Å². The second kappa shape index (κ2) is 2.48. The number of hydrogen-bond donors (Lipinski definition) is 0. The molecule has 0 N–H and O–H groups in total. The summed E-state index contributed by atoms with van der Waals surface area (Å²) in [5.41, 5.74) is 3.16. The molecule has 1 unspecified atom stereocenters. The van der Waals surface area contributed by atoms with Gasteiger partial charge in [-0.05, 0) is 17.5 Å². The molecule has 2 rings (SSSR count). The van der Waals surface area contributed by atoms with Crippen LogP contribution in [-0.4, -0.2) is 0 Å². The molecular formula is C12H14. The minimum absolute atomic E-state index is 0.288. The van der Waals surface area contributed by atoms with E-state index in [9.17, 15) is 0 Å². The second-order valence-electron chi connectivity index (χ2n) is 3.69. The number of fused-ring (bicyclic) bond motifs is 1. The molecule has 0 saturated heterocycles. The van der Waals surface area contributed by atoms with E-state index in [1.165, 1.54) is 17.5 Å². The molecule has 1 aliphatic carbocycles. The smallest absolute Gasteiger partial charge is 0.0110 e. The van der Waals surface area contributed by atoms with E-state index in [1.807, 2.05) is 0 Å². The van der Waals surface area contributed by atoms with Crippen molar-refractivity contribution < 1.29 is 0 Å². The van der Waals surface area contributed by atoms with E-state index in [4.69, 9.17) is 0 Å². The highest BCUT2D eigenvalue weighted by molar-refractivity contribution is 5.64. The van der Waals surface area contributed by atoms with Gasteiger partial charge in [0.15, 0.2) is 0 Å². The Morgan fingerprint density at radius 1 is 1.25 bits per heavy atom. The van der Waals surface area contributed by atoms with E-state index in [0.29, 0.717) is 0 Å². The molecular weight excluding hydrogens is 144 g/mol. The lowest BCUT2D eigenvalue weighted by Gasteiger charge is -2.21. The van der Waals surface area contributed by atoms with E-state index in [2.05, 4.69) is 50.3 Å². The van der Waals surface area contributed by atoms with Crippen LogP contribution in [0.2, 0.25) is 0 Å². The Balaban J connectivity index is 2.56. The molecule has 0 aliphatic heterocycles. The quantitative estimate of drug-likeness (QED) is 0.587. The third kappa shape index (κ3) is 0.911. The minimum atomic E-state index is 0.288. The van der Waals surface area contributed by atoms with Gasteiger partial charge in [-0.1, -0.05) is 50.3 Å². The fourth-order valence-electron chi connectivity index (χ4n) is 1.83. The van der Waals surface area contributed by atoms with Gasteiger partial charge in [-0.3, -0.25) is 0 Å². The Kier molecular flexibility index (Phi) is 1.57. The van der Waals surface area contributed by atoms with Crippen molar-refractivity contribution in [1.29, 1.82) is 0 Å². The number of benzene rings is 1. The summed E-state index contributed by atoms with van der Waals surface area (Å²) in [5, 5.41) is 0. The van der Waals surface area contributed by atoms with Crippen molar-refractivity contribution in [1.82, 2.24) is 0 Å². The van der Waals surface area contributed by atoms with Gasteiger partial charge in [-0.2, -0.15) is 0 Å². The first-order valence-electron chi connectivity index (χ1n) is 4.55. The molecule has 0 heterocycles. The Morgan fingerprint density at radius 2 is 2.00 bits per heavy atom. The van der Waals surface area contributed by atoms with Gasteiger partial charge in [0.1, 0.15) is 0 Å². The topological polar surface area (TPSA) is 0 Å². The molecule has 12 heavy (non-hydrogen) atoms. The molecule has 0 aromatic heterocycles. The van der Waals surface area contributed by atoms with Gasteiger partial charge < -0.3 is 0 Å². The van der Waals surface area contributed by atoms with Crippen molar-refractivity contribution in [3.05, 3.63) is 41.5 Å². The molecule has 0 saturated carbocycles. The standard InChI is InChI=1S/C12H14/c1-3-12(2)9-8-10-6-4-5-7-11(10)12/h4-9H,3H2,1-2H3. The van der Waals surface area contributed by atoms with Gasteiger partial charge in [0.2, 0.25) is 0 Å². The first-order chi connectivity index (χ1) is 5.76. The highest BCUT2D eigenvalue weighted by Crippen LogP contribution is 2.37. The van der Waals surface area contributed by atoms with Crippen molar-refractivity contribution >= 4 is 6.08 Å². The number of rotatable bonds is 1. The van der Waals surface area contributed by atoms with Crippen molar-refractivity contribution in [3.8, 4) is 0 Å². The number of hydrogen-bond acceptors (Lipinski definition) is 0. The van der Waals surface area contributed by atoms with E-state index < -0.39 is 0 Å². The van der Waals surface area contributed by atoms with Crippen LogP contribution in [0.1, 0.15) is 31.4 Å². The zero-order chi connectivity index (χ0) is 8.60. The predicted octanol–water partition coefficient (Wildman–Crippen LogP) is 3.38. The Labute approximate surface area is 73.9 Å². The SMILES string of the molecule is CCC1(C)C=Cc2ccccc21. The molecule has 0 amide bonds. The maximum Gasteiger partial charge on any atom is 0.0110 e. The van der Waals surface area contributed by atoms with Crippen LogP contribution in [0.4, 0.5) is 0 Å². The van der Waals surface area contributed by atoms with Gasteiger partial charge >= 0.3 is 0 Å². The predicted molar refractivity (Wildman–Crippen MR) is 53.1 cm³/mol. The monoisotopic (exact) mass is 158 g/mol. The van der Waals surface area contributed by atoms with Crippen LogP contribution in [-0.2, 0) is 5.41 Å². The van der Waals surface area contributed by atoms with Gasteiger partial charge in [-0.15, -0.1) is 0 Å². The fraction of sp³-hybridized carbons (Fsp3) is 0.333. The van der Waals surface area contributed by atoms with Crippen molar-refractivity contribution in [2.24, 2.45) is 0 Å². The molecule has 0 fully saturated rings. The maximum absolute atomic E-state index is 2.32. The van der Waals surface area contributed by atoms with Crippen LogP contribution in [0.15, 0.2) is 30.3 Å². The Bertz CT molecular complexity index is 323. The molecule has 1 aromatic rings. The maximum atomic E-state index is 2.32. The summed E-state index contributed by atoms with van der Waals surface area (Å²) in [6.45, 7) is 4.54. The molecule has 1 aromatic carbocycles. The van der Waals surface area contributed by atoms with Crippen LogP contribution in [0, 0.1) is 0 Å². The lowest BCUT2D eigenvalue weighted by molar-refractivity contribution is 0.582. The van der Waals surface area contributed by atoms with Crippen molar-refractivity contribution in [2.45, 2.75) is 25.7 Å². The largest absolute Gasteiger partial charge is 0.0736 e. The van der Waals surface area contributed by atoms with E-state index in [0.717, 1.165) is 0 Å². The summed E-state index contributed by atoms with van der Waals surface area (Å²) in [6, 6.07) is 8.65. The summed E-state index contributed by atoms with van der Waals surface area (Å²) in [7, 11) is 0. The lowest BCUT2D eigenvalue weighted by atomic mass is 9.82. The summed E-state index contributed by atoms with van der Waals surface area (Å²) in [6.07, 6.45) is 5.73. The summed E-state index contributed by atoms with van der Waals surface area (Å²) >= 11 is 0. The lowest BCUT2D eigenvalue weighted by Crippen LogP contribution is -2.14. The molecule has 62 valence electrons. The second-order valence-corrected chi connectivity index (χ2v) is 3.69. The van der Waals surface area contributed by atoms with Gasteiger partial charge in [-0.25, -0.2) is 0 Å². The molecule has 1 aliphatic rings. The van der Waals surface area contributed by atoms with E-state index in [-0.39, 0.29) is 5.41 Å². The van der Waals surface area contributed by atoms with E-state index >= 15 is 0 Å². The summed E-state index contributed by atoms with van der Waals surface area (Å²) in [4.78, 5) is 0. The molecule has 0 heteroatoms. The highest BCUT2D eigenvalue weighted by atomic mass is 14.3. The van der Waals surface area contributed by atoms with E-state index in [1.54, 1.807) is 0 Å². The summed E-state index contributed by atoms with van der Waals surface area (Å²) < 4.78 is 0. The zero-order valence-corrected chi connectivity index (χ0v) is 7.67. The first-order valence-corrected chi connectivity index (χ1v) is 4.55. The molecule has 0 nitrogen and oxygen atoms in total. The average molecular weight is 158 g/mol. The Hall–Kier alpha value is -1.04. The first kappa shape index (κ1) is 7.60. The Morgan fingerprint density at radius 3 is 2.75 bits per heavy atom. The highest BCUT2D eigenvalue weighted by Gasteiger charge is 2.26. The third-order valence-corrected chi connectivity index (χ3v) is 2.94. The molecule has 0 spiro atoms. The van der Waals surface area contributed by atoms with Crippen LogP contribution in [0.25, 0.3) is 6.08 Å². The molecule has 0 bridgehead atoms. The van der Waals surface area contributed by atoms with Crippen LogP contribution < -0.4 is 0 Å². The molecule has 1 atom stereocenters. The minimum Gasteiger partial charge on any atom is -0.0736 e. The number of allylic oxidation sites excluding steroid dienone is 1. The van der Waals surface area contributed by atoms with Crippen LogP contribution >= 0.6 is 0 Å². The van der Waals surface area contributed by atoms with Crippen LogP contribution in [0.3, 0.4) is 0 Å².